The van der Waals surface area contributed by atoms with Crippen LogP contribution in [0.3, 0.4) is 0 Å². The molecule has 0 N–H and O–H groups in total. The van der Waals surface area contributed by atoms with Crippen molar-refractivity contribution in [2.45, 2.75) is 63.9 Å². The molecule has 1 amide bonds. The van der Waals surface area contributed by atoms with Gasteiger partial charge < -0.3 is 4.90 Å². The van der Waals surface area contributed by atoms with Gasteiger partial charge in [-0.15, -0.1) is 11.6 Å². The SMILES string of the molecule is CC[C@H](Cl)C(=O)N1[C@@H](C)CCC[C@@H]1C. The third-order valence-electron chi connectivity index (χ3n) is 3.07. The highest BCUT2D eigenvalue weighted by atomic mass is 35.5. The standard InChI is InChI=1S/C11H20ClNO/c1-4-10(12)11(14)13-8(2)6-5-7-9(13)3/h8-10H,4-7H2,1-3H3/t8-,9-,10-/m0/s1. The molecule has 2 nitrogen and oxygen atoms in total. The fourth-order valence-corrected chi connectivity index (χ4v) is 2.30. The van der Waals surface area contributed by atoms with E-state index in [4.69, 9.17) is 11.6 Å². The van der Waals surface area contributed by atoms with Crippen molar-refractivity contribution < 1.29 is 4.79 Å². The molecule has 0 radical (unpaired) electrons. The zero-order chi connectivity index (χ0) is 10.7. The fourth-order valence-electron chi connectivity index (χ4n) is 2.19. The predicted molar refractivity (Wildman–Crippen MR) is 59.6 cm³/mol. The van der Waals surface area contributed by atoms with Crippen molar-refractivity contribution in [1.82, 2.24) is 4.90 Å². The van der Waals surface area contributed by atoms with E-state index in [2.05, 4.69) is 13.8 Å². The summed E-state index contributed by atoms with van der Waals surface area (Å²) in [4.78, 5) is 13.9. The first-order valence-electron chi connectivity index (χ1n) is 5.54. The topological polar surface area (TPSA) is 20.3 Å². The summed E-state index contributed by atoms with van der Waals surface area (Å²) >= 11 is 5.99. The molecule has 1 heterocycles. The molecule has 0 unspecified atom stereocenters. The van der Waals surface area contributed by atoms with Crippen LogP contribution in [0.1, 0.15) is 46.5 Å². The second-order valence-electron chi connectivity index (χ2n) is 4.25. The van der Waals surface area contributed by atoms with Gasteiger partial charge in [-0.1, -0.05) is 6.92 Å². The van der Waals surface area contributed by atoms with Gasteiger partial charge in [0.05, 0.1) is 0 Å². The van der Waals surface area contributed by atoms with Crippen LogP contribution in [0.5, 0.6) is 0 Å². The molecule has 0 bridgehead atoms. The minimum Gasteiger partial charge on any atom is -0.336 e. The van der Waals surface area contributed by atoms with Gasteiger partial charge in [0, 0.05) is 12.1 Å². The lowest BCUT2D eigenvalue weighted by Crippen LogP contribution is -2.50. The molecule has 1 aliphatic rings. The van der Waals surface area contributed by atoms with Crippen LogP contribution in [-0.2, 0) is 4.79 Å². The molecule has 3 heteroatoms. The van der Waals surface area contributed by atoms with Gasteiger partial charge in [0.15, 0.2) is 0 Å². The van der Waals surface area contributed by atoms with E-state index in [1.807, 2.05) is 11.8 Å². The first-order chi connectivity index (χ1) is 6.57. The van der Waals surface area contributed by atoms with Crippen LogP contribution in [0, 0.1) is 0 Å². The molecule has 0 saturated carbocycles. The van der Waals surface area contributed by atoms with E-state index in [1.54, 1.807) is 0 Å². The average molecular weight is 218 g/mol. The molecule has 0 spiro atoms. The minimum absolute atomic E-state index is 0.119. The zero-order valence-electron chi connectivity index (χ0n) is 9.29. The van der Waals surface area contributed by atoms with Crippen molar-refractivity contribution in [3.05, 3.63) is 0 Å². The Hall–Kier alpha value is -0.240. The Labute approximate surface area is 91.6 Å². The summed E-state index contributed by atoms with van der Waals surface area (Å²) in [7, 11) is 0. The van der Waals surface area contributed by atoms with Crippen molar-refractivity contribution in [2.75, 3.05) is 0 Å². The summed E-state index contributed by atoms with van der Waals surface area (Å²) in [6.07, 6.45) is 4.17. The summed E-state index contributed by atoms with van der Waals surface area (Å²) in [5.41, 5.74) is 0. The number of piperidine rings is 1. The van der Waals surface area contributed by atoms with Gasteiger partial charge in [-0.3, -0.25) is 4.79 Å². The monoisotopic (exact) mass is 217 g/mol. The second kappa shape index (κ2) is 5.01. The normalized spacial score (nSPS) is 30.1. The number of hydrogen-bond donors (Lipinski definition) is 0. The Balaban J connectivity index is 2.67. The van der Waals surface area contributed by atoms with Gasteiger partial charge in [-0.05, 0) is 39.5 Å². The Kier molecular flexibility index (Phi) is 4.24. The largest absolute Gasteiger partial charge is 0.336 e. The summed E-state index contributed by atoms with van der Waals surface area (Å²) in [5.74, 6) is 0.119. The number of hydrogen-bond acceptors (Lipinski definition) is 1. The fraction of sp³-hybridized carbons (Fsp3) is 0.909. The van der Waals surface area contributed by atoms with Crippen LogP contribution in [0.4, 0.5) is 0 Å². The van der Waals surface area contributed by atoms with Crippen molar-refractivity contribution in [2.24, 2.45) is 0 Å². The Morgan fingerprint density at radius 1 is 1.43 bits per heavy atom. The maximum atomic E-state index is 11.9. The number of amides is 1. The van der Waals surface area contributed by atoms with Crippen molar-refractivity contribution in [3.63, 3.8) is 0 Å². The lowest BCUT2D eigenvalue weighted by Gasteiger charge is -2.40. The van der Waals surface area contributed by atoms with Gasteiger partial charge in [0.1, 0.15) is 5.38 Å². The Morgan fingerprint density at radius 2 is 1.93 bits per heavy atom. The first kappa shape index (κ1) is 11.8. The number of halogens is 1. The molecule has 0 aromatic heterocycles. The molecule has 82 valence electrons. The molecule has 0 aliphatic carbocycles. The van der Waals surface area contributed by atoms with E-state index in [0.717, 1.165) is 19.3 Å². The molecule has 1 fully saturated rings. The van der Waals surface area contributed by atoms with Gasteiger partial charge >= 0.3 is 0 Å². The van der Waals surface area contributed by atoms with Crippen LogP contribution >= 0.6 is 11.6 Å². The molecular formula is C11H20ClNO. The first-order valence-corrected chi connectivity index (χ1v) is 5.97. The summed E-state index contributed by atoms with van der Waals surface area (Å²) in [5, 5.41) is -0.335. The Morgan fingerprint density at radius 3 is 2.36 bits per heavy atom. The van der Waals surface area contributed by atoms with E-state index in [0.29, 0.717) is 12.1 Å². The molecule has 14 heavy (non-hydrogen) atoms. The third kappa shape index (κ3) is 2.41. The van der Waals surface area contributed by atoms with Crippen molar-refractivity contribution in [3.8, 4) is 0 Å². The number of carbonyl (C=O) groups excluding carboxylic acids is 1. The summed E-state index contributed by atoms with van der Waals surface area (Å²) in [6.45, 7) is 6.19. The lowest BCUT2D eigenvalue weighted by molar-refractivity contribution is -0.136. The smallest absolute Gasteiger partial charge is 0.241 e. The van der Waals surface area contributed by atoms with Crippen LogP contribution < -0.4 is 0 Å². The van der Waals surface area contributed by atoms with Crippen LogP contribution in [-0.4, -0.2) is 28.3 Å². The number of carbonyl (C=O) groups is 1. The van der Waals surface area contributed by atoms with E-state index >= 15 is 0 Å². The highest BCUT2D eigenvalue weighted by Crippen LogP contribution is 2.24. The van der Waals surface area contributed by atoms with E-state index < -0.39 is 0 Å². The van der Waals surface area contributed by atoms with Crippen LogP contribution in [0.25, 0.3) is 0 Å². The molecular weight excluding hydrogens is 198 g/mol. The second-order valence-corrected chi connectivity index (χ2v) is 4.78. The molecule has 1 saturated heterocycles. The predicted octanol–water partition coefficient (Wildman–Crippen LogP) is 2.79. The summed E-state index contributed by atoms with van der Waals surface area (Å²) in [6, 6.07) is 0.720. The lowest BCUT2D eigenvalue weighted by atomic mass is 9.97. The van der Waals surface area contributed by atoms with Crippen molar-refractivity contribution >= 4 is 17.5 Å². The summed E-state index contributed by atoms with van der Waals surface area (Å²) < 4.78 is 0. The number of likely N-dealkylation sites (tertiary alicyclic amines) is 1. The van der Waals surface area contributed by atoms with Crippen LogP contribution in [0.2, 0.25) is 0 Å². The zero-order valence-corrected chi connectivity index (χ0v) is 10.0. The Bertz CT molecular complexity index is 197. The number of alkyl halides is 1. The molecule has 3 atom stereocenters. The number of rotatable bonds is 2. The van der Waals surface area contributed by atoms with Crippen molar-refractivity contribution in [1.29, 1.82) is 0 Å². The van der Waals surface area contributed by atoms with E-state index in [9.17, 15) is 4.79 Å². The van der Waals surface area contributed by atoms with Crippen LogP contribution in [0.15, 0.2) is 0 Å². The highest BCUT2D eigenvalue weighted by Gasteiger charge is 2.31. The molecule has 1 rings (SSSR count). The third-order valence-corrected chi connectivity index (χ3v) is 3.57. The highest BCUT2D eigenvalue weighted by molar-refractivity contribution is 6.30. The quantitative estimate of drug-likeness (QED) is 0.652. The van der Waals surface area contributed by atoms with Gasteiger partial charge in [0.2, 0.25) is 5.91 Å². The van der Waals surface area contributed by atoms with E-state index in [-0.39, 0.29) is 11.3 Å². The maximum absolute atomic E-state index is 11.9. The van der Waals surface area contributed by atoms with E-state index in [1.165, 1.54) is 6.42 Å². The molecule has 0 aromatic rings. The van der Waals surface area contributed by atoms with Gasteiger partial charge in [0.25, 0.3) is 0 Å². The van der Waals surface area contributed by atoms with Gasteiger partial charge in [-0.2, -0.15) is 0 Å². The maximum Gasteiger partial charge on any atom is 0.241 e. The average Bonchev–Trinajstić information content (AvgIpc) is 2.16. The molecule has 1 aliphatic heterocycles. The number of nitrogens with zero attached hydrogens (tertiary/aromatic N) is 1. The minimum atomic E-state index is -0.335. The molecule has 0 aromatic carbocycles. The van der Waals surface area contributed by atoms with Gasteiger partial charge in [-0.25, -0.2) is 0 Å².